The minimum absolute atomic E-state index is 0.243. The summed E-state index contributed by atoms with van der Waals surface area (Å²) in [5, 5.41) is 11.1. The van der Waals surface area contributed by atoms with Gasteiger partial charge in [-0.1, -0.05) is 6.42 Å². The smallest absolute Gasteiger partial charge is 0.191 e. The molecule has 3 heterocycles. The normalized spacial score (nSPS) is 17.2. The molecule has 0 aliphatic carbocycles. The van der Waals surface area contributed by atoms with Crippen LogP contribution in [0.3, 0.4) is 0 Å². The van der Waals surface area contributed by atoms with Crippen molar-refractivity contribution in [3.8, 4) is 0 Å². The number of rotatable bonds is 8. The Balaban J connectivity index is 1.46. The molecule has 0 amide bonds. The molecule has 3 rings (SSSR count). The van der Waals surface area contributed by atoms with Gasteiger partial charge in [0.15, 0.2) is 5.96 Å². The number of furan rings is 1. The Bertz CT molecular complexity index is 631. The van der Waals surface area contributed by atoms with Crippen LogP contribution in [-0.2, 0) is 6.54 Å². The van der Waals surface area contributed by atoms with Gasteiger partial charge < -0.3 is 15.1 Å². The summed E-state index contributed by atoms with van der Waals surface area (Å²) in [7, 11) is 1.81. The molecule has 0 radical (unpaired) electrons. The van der Waals surface area contributed by atoms with Gasteiger partial charge in [-0.2, -0.15) is 5.10 Å². The third kappa shape index (κ3) is 5.36. The summed E-state index contributed by atoms with van der Waals surface area (Å²) in [5.74, 6) is 1.85. The van der Waals surface area contributed by atoms with Crippen LogP contribution in [0.1, 0.15) is 37.5 Å². The van der Waals surface area contributed by atoms with Crippen molar-refractivity contribution in [3.05, 3.63) is 42.6 Å². The highest BCUT2D eigenvalue weighted by molar-refractivity contribution is 5.79. The maximum atomic E-state index is 5.70. The summed E-state index contributed by atoms with van der Waals surface area (Å²) < 4.78 is 7.65. The highest BCUT2D eigenvalue weighted by atomic mass is 16.3. The predicted molar refractivity (Wildman–Crippen MR) is 103 cm³/mol. The highest BCUT2D eigenvalue weighted by Crippen LogP contribution is 2.24. The first kappa shape index (κ1) is 18.5. The second-order valence-electron chi connectivity index (χ2n) is 6.63. The Morgan fingerprint density at radius 2 is 2.15 bits per heavy atom. The number of likely N-dealkylation sites (tertiary alicyclic amines) is 1. The predicted octanol–water partition coefficient (Wildman–Crippen LogP) is 2.26. The Kier molecular flexibility index (Phi) is 7.13. The molecule has 0 saturated carbocycles. The number of guanidine groups is 1. The molecule has 0 bridgehead atoms. The molecule has 1 unspecified atom stereocenters. The van der Waals surface area contributed by atoms with Crippen LogP contribution in [0, 0.1) is 0 Å². The molecule has 0 spiro atoms. The van der Waals surface area contributed by atoms with Crippen molar-refractivity contribution in [2.24, 2.45) is 4.99 Å². The maximum Gasteiger partial charge on any atom is 0.191 e. The largest absolute Gasteiger partial charge is 0.468 e. The van der Waals surface area contributed by atoms with E-state index in [1.165, 1.54) is 19.3 Å². The van der Waals surface area contributed by atoms with Gasteiger partial charge in [-0.05, 0) is 50.6 Å². The molecule has 7 nitrogen and oxygen atoms in total. The number of aromatic nitrogens is 2. The molecule has 1 aliphatic heterocycles. The van der Waals surface area contributed by atoms with Gasteiger partial charge in [0.25, 0.3) is 0 Å². The molecule has 2 aromatic rings. The summed E-state index contributed by atoms with van der Waals surface area (Å²) in [4.78, 5) is 6.86. The maximum absolute atomic E-state index is 5.70. The average molecular weight is 358 g/mol. The Hall–Kier alpha value is -2.28. The number of nitrogens with zero attached hydrogens (tertiary/aromatic N) is 4. The van der Waals surface area contributed by atoms with Crippen molar-refractivity contribution < 1.29 is 4.42 Å². The van der Waals surface area contributed by atoms with Gasteiger partial charge in [-0.15, -0.1) is 0 Å². The van der Waals surface area contributed by atoms with Crippen LogP contribution in [0.15, 0.2) is 46.3 Å². The molecule has 142 valence electrons. The monoisotopic (exact) mass is 358 g/mol. The van der Waals surface area contributed by atoms with Crippen molar-refractivity contribution in [1.29, 1.82) is 0 Å². The Labute approximate surface area is 155 Å². The van der Waals surface area contributed by atoms with E-state index in [-0.39, 0.29) is 6.04 Å². The first-order valence-corrected chi connectivity index (χ1v) is 9.56. The van der Waals surface area contributed by atoms with Gasteiger partial charge in [0.2, 0.25) is 0 Å². The Morgan fingerprint density at radius 3 is 2.85 bits per heavy atom. The lowest BCUT2D eigenvalue weighted by atomic mass is 10.1. The van der Waals surface area contributed by atoms with E-state index in [4.69, 9.17) is 4.42 Å². The summed E-state index contributed by atoms with van der Waals surface area (Å²) >= 11 is 0. The summed E-state index contributed by atoms with van der Waals surface area (Å²) in [6, 6.07) is 6.23. The van der Waals surface area contributed by atoms with E-state index >= 15 is 0 Å². The molecule has 1 atom stereocenters. The molecule has 2 N–H and O–H groups in total. The molecular formula is C19H30N6O. The molecule has 0 aromatic carbocycles. The lowest BCUT2D eigenvalue weighted by molar-refractivity contribution is 0.146. The van der Waals surface area contributed by atoms with Crippen LogP contribution in [0.25, 0.3) is 0 Å². The molecule has 26 heavy (non-hydrogen) atoms. The topological polar surface area (TPSA) is 70.6 Å². The molecule has 1 aliphatic rings. The van der Waals surface area contributed by atoms with E-state index in [1.807, 2.05) is 36.3 Å². The van der Waals surface area contributed by atoms with Crippen molar-refractivity contribution in [2.75, 3.05) is 33.2 Å². The number of piperidine rings is 1. The second kappa shape index (κ2) is 10.0. The molecule has 1 fully saturated rings. The van der Waals surface area contributed by atoms with E-state index in [0.717, 1.165) is 50.9 Å². The fourth-order valence-electron chi connectivity index (χ4n) is 3.42. The number of aryl methyl sites for hydroxylation is 1. The first-order chi connectivity index (χ1) is 12.9. The number of nitrogens with one attached hydrogen (secondary N) is 2. The van der Waals surface area contributed by atoms with Crippen LogP contribution in [-0.4, -0.2) is 53.9 Å². The van der Waals surface area contributed by atoms with E-state index in [0.29, 0.717) is 0 Å². The van der Waals surface area contributed by atoms with E-state index in [9.17, 15) is 0 Å². The van der Waals surface area contributed by atoms with Gasteiger partial charge >= 0.3 is 0 Å². The fraction of sp³-hybridized carbons (Fsp3) is 0.579. The van der Waals surface area contributed by atoms with Gasteiger partial charge in [0.05, 0.1) is 12.3 Å². The van der Waals surface area contributed by atoms with Crippen LogP contribution < -0.4 is 10.6 Å². The third-order valence-corrected chi connectivity index (χ3v) is 4.81. The van der Waals surface area contributed by atoms with Gasteiger partial charge in [0, 0.05) is 39.1 Å². The van der Waals surface area contributed by atoms with Gasteiger partial charge in [0.1, 0.15) is 5.76 Å². The molecular weight excluding hydrogens is 328 g/mol. The molecule has 7 heteroatoms. The zero-order chi connectivity index (χ0) is 18.0. The summed E-state index contributed by atoms with van der Waals surface area (Å²) in [6.45, 7) is 4.80. The quantitative estimate of drug-likeness (QED) is 0.430. The van der Waals surface area contributed by atoms with Crippen molar-refractivity contribution >= 4 is 5.96 Å². The number of aliphatic imine (C=N–C) groups is 1. The van der Waals surface area contributed by atoms with Crippen LogP contribution in [0.4, 0.5) is 0 Å². The summed E-state index contributed by atoms with van der Waals surface area (Å²) in [6.07, 6.45) is 10.4. The minimum atomic E-state index is 0.243. The average Bonchev–Trinajstić information content (AvgIpc) is 3.38. The third-order valence-electron chi connectivity index (χ3n) is 4.81. The van der Waals surface area contributed by atoms with Crippen LogP contribution in [0.5, 0.6) is 0 Å². The molecule has 2 aromatic heterocycles. The zero-order valence-electron chi connectivity index (χ0n) is 15.6. The first-order valence-electron chi connectivity index (χ1n) is 9.56. The van der Waals surface area contributed by atoms with E-state index < -0.39 is 0 Å². The zero-order valence-corrected chi connectivity index (χ0v) is 15.6. The van der Waals surface area contributed by atoms with Crippen molar-refractivity contribution in [2.45, 2.75) is 38.3 Å². The van der Waals surface area contributed by atoms with Crippen molar-refractivity contribution in [1.82, 2.24) is 25.3 Å². The Morgan fingerprint density at radius 1 is 1.27 bits per heavy atom. The van der Waals surface area contributed by atoms with Crippen LogP contribution >= 0.6 is 0 Å². The number of hydrogen-bond acceptors (Lipinski definition) is 4. The second-order valence-corrected chi connectivity index (χ2v) is 6.63. The minimum Gasteiger partial charge on any atom is -0.468 e. The standard InChI is InChI=1S/C19H30N6O/c1-20-19(21-9-6-13-25-14-7-10-23-25)22-16-17(18-8-5-15-26-18)24-11-3-2-4-12-24/h5,7-8,10,14-15,17H,2-4,6,9,11-13,16H2,1H3,(H2,20,21,22). The van der Waals surface area contributed by atoms with Crippen molar-refractivity contribution in [3.63, 3.8) is 0 Å². The SMILES string of the molecule is CN=C(NCCCn1cccn1)NCC(c1ccco1)N1CCCCC1. The van der Waals surface area contributed by atoms with Gasteiger partial charge in [-0.3, -0.25) is 14.6 Å². The highest BCUT2D eigenvalue weighted by Gasteiger charge is 2.24. The fourth-order valence-corrected chi connectivity index (χ4v) is 3.42. The molecule has 1 saturated heterocycles. The lowest BCUT2D eigenvalue weighted by Gasteiger charge is -2.33. The lowest BCUT2D eigenvalue weighted by Crippen LogP contribution is -2.44. The van der Waals surface area contributed by atoms with E-state index in [2.05, 4.69) is 31.7 Å². The summed E-state index contributed by atoms with van der Waals surface area (Å²) in [5.41, 5.74) is 0. The van der Waals surface area contributed by atoms with Crippen LogP contribution in [0.2, 0.25) is 0 Å². The van der Waals surface area contributed by atoms with Gasteiger partial charge in [-0.25, -0.2) is 0 Å². The van der Waals surface area contributed by atoms with E-state index in [1.54, 1.807) is 6.26 Å². The number of hydrogen-bond donors (Lipinski definition) is 2.